The molecule has 6 heteroatoms. The fourth-order valence-electron chi connectivity index (χ4n) is 3.49. The van der Waals surface area contributed by atoms with Gasteiger partial charge >= 0.3 is 5.97 Å². The van der Waals surface area contributed by atoms with Crippen LogP contribution in [-0.2, 0) is 21.6 Å². The zero-order valence-electron chi connectivity index (χ0n) is 19.6. The van der Waals surface area contributed by atoms with Crippen LogP contribution in [-0.4, -0.2) is 19.0 Å². The number of cyclic esters (lactones) is 1. The monoisotopic (exact) mass is 519 g/mol. The van der Waals surface area contributed by atoms with Gasteiger partial charge in [0.05, 0.1) is 7.11 Å². The highest BCUT2D eigenvalue weighted by Gasteiger charge is 2.25. The first-order valence-corrected chi connectivity index (χ1v) is 11.7. The molecule has 1 heterocycles. The highest BCUT2D eigenvalue weighted by molar-refractivity contribution is 9.10. The minimum absolute atomic E-state index is 0.0446. The normalized spacial score (nSPS) is 14.7. The lowest BCUT2D eigenvalue weighted by molar-refractivity contribution is -0.129. The minimum atomic E-state index is -0.484. The zero-order valence-corrected chi connectivity index (χ0v) is 21.2. The number of halogens is 1. The Balaban J connectivity index is 1.56. The van der Waals surface area contributed by atoms with Gasteiger partial charge in [-0.05, 0) is 64.6 Å². The van der Waals surface area contributed by atoms with E-state index in [1.807, 2.05) is 60.7 Å². The van der Waals surface area contributed by atoms with Crippen molar-refractivity contribution in [2.24, 2.45) is 4.99 Å². The fraction of sp³-hybridized carbons (Fsp3) is 0.214. The molecule has 1 aliphatic rings. The van der Waals surface area contributed by atoms with Crippen LogP contribution < -0.4 is 9.47 Å². The number of hydrogen-bond acceptors (Lipinski definition) is 5. The second kappa shape index (κ2) is 9.85. The van der Waals surface area contributed by atoms with Crippen molar-refractivity contribution in [3.8, 4) is 11.5 Å². The molecule has 0 fully saturated rings. The Morgan fingerprint density at radius 1 is 1.00 bits per heavy atom. The molecule has 5 nitrogen and oxygen atoms in total. The summed E-state index contributed by atoms with van der Waals surface area (Å²) in [4.78, 5) is 16.9. The van der Waals surface area contributed by atoms with Crippen molar-refractivity contribution in [1.82, 2.24) is 0 Å². The van der Waals surface area contributed by atoms with Crippen LogP contribution in [0.4, 0.5) is 0 Å². The molecule has 0 N–H and O–H groups in total. The summed E-state index contributed by atoms with van der Waals surface area (Å²) in [5, 5.41) is 0. The quantitative estimate of drug-likeness (QED) is 0.269. The number of rotatable bonds is 6. The third-order valence-electron chi connectivity index (χ3n) is 5.39. The molecule has 0 amide bonds. The molecule has 4 rings (SSSR count). The van der Waals surface area contributed by atoms with Crippen LogP contribution >= 0.6 is 15.9 Å². The van der Waals surface area contributed by atoms with E-state index in [1.165, 1.54) is 5.56 Å². The van der Waals surface area contributed by atoms with Crippen molar-refractivity contribution >= 4 is 33.9 Å². The van der Waals surface area contributed by atoms with Crippen LogP contribution in [0.5, 0.6) is 11.5 Å². The number of aliphatic imine (C=N–C) groups is 1. The van der Waals surface area contributed by atoms with Gasteiger partial charge in [-0.2, -0.15) is 0 Å². The van der Waals surface area contributed by atoms with Crippen LogP contribution in [0.25, 0.3) is 6.08 Å². The van der Waals surface area contributed by atoms with E-state index in [0.717, 1.165) is 21.2 Å². The third-order valence-corrected chi connectivity index (χ3v) is 5.89. The molecule has 3 aromatic carbocycles. The molecule has 0 aliphatic carbocycles. The second-order valence-corrected chi connectivity index (χ2v) is 9.91. The average molecular weight is 520 g/mol. The van der Waals surface area contributed by atoms with Gasteiger partial charge in [0, 0.05) is 10.0 Å². The van der Waals surface area contributed by atoms with E-state index in [2.05, 4.69) is 41.7 Å². The van der Waals surface area contributed by atoms with Gasteiger partial charge in [-0.3, -0.25) is 0 Å². The number of carbonyl (C=O) groups excluding carboxylic acids is 1. The van der Waals surface area contributed by atoms with Crippen molar-refractivity contribution in [3.05, 3.63) is 99.2 Å². The van der Waals surface area contributed by atoms with Gasteiger partial charge in [0.25, 0.3) is 0 Å². The van der Waals surface area contributed by atoms with Gasteiger partial charge in [-0.25, -0.2) is 9.79 Å². The Morgan fingerprint density at radius 3 is 2.44 bits per heavy atom. The molecule has 0 radical (unpaired) electrons. The van der Waals surface area contributed by atoms with Crippen molar-refractivity contribution in [3.63, 3.8) is 0 Å². The Kier molecular flexibility index (Phi) is 6.89. The zero-order chi connectivity index (χ0) is 24.3. The Hall–Kier alpha value is -3.38. The van der Waals surface area contributed by atoms with Gasteiger partial charge in [0.1, 0.15) is 6.61 Å². The molecule has 3 aromatic rings. The van der Waals surface area contributed by atoms with E-state index >= 15 is 0 Å². The van der Waals surface area contributed by atoms with Crippen LogP contribution in [0.2, 0.25) is 0 Å². The molecular formula is C28H26BrNO4. The smallest absolute Gasteiger partial charge is 0.363 e. The van der Waals surface area contributed by atoms with E-state index in [-0.39, 0.29) is 11.1 Å². The summed E-state index contributed by atoms with van der Waals surface area (Å²) >= 11 is 3.47. The first kappa shape index (κ1) is 23.8. The molecular weight excluding hydrogens is 494 g/mol. The lowest BCUT2D eigenvalue weighted by Gasteiger charge is -2.18. The van der Waals surface area contributed by atoms with Crippen molar-refractivity contribution in [2.75, 3.05) is 7.11 Å². The minimum Gasteiger partial charge on any atom is -0.493 e. The SMILES string of the molecule is COc1ccc(/C=C2/N=C(c3ccc(C(C)(C)C)cc3)OC2=O)cc1OCc1cccc(Br)c1. The highest BCUT2D eigenvalue weighted by Crippen LogP contribution is 2.31. The summed E-state index contributed by atoms with van der Waals surface area (Å²) < 4.78 is 17.9. The molecule has 0 atom stereocenters. The number of hydrogen-bond donors (Lipinski definition) is 0. The van der Waals surface area contributed by atoms with E-state index in [9.17, 15) is 4.79 Å². The maximum atomic E-state index is 12.5. The molecule has 0 unspecified atom stereocenters. The molecule has 0 bridgehead atoms. The Morgan fingerprint density at radius 2 is 1.76 bits per heavy atom. The Bertz CT molecular complexity index is 1270. The van der Waals surface area contributed by atoms with E-state index in [0.29, 0.717) is 24.0 Å². The van der Waals surface area contributed by atoms with Crippen molar-refractivity contribution < 1.29 is 19.0 Å². The van der Waals surface area contributed by atoms with Crippen LogP contribution in [0.3, 0.4) is 0 Å². The molecule has 174 valence electrons. The number of benzene rings is 3. The van der Waals surface area contributed by atoms with Crippen LogP contribution in [0.15, 0.2) is 81.9 Å². The predicted molar refractivity (Wildman–Crippen MR) is 137 cm³/mol. The van der Waals surface area contributed by atoms with Crippen LogP contribution in [0.1, 0.15) is 43.0 Å². The van der Waals surface area contributed by atoms with Crippen molar-refractivity contribution in [1.29, 1.82) is 0 Å². The van der Waals surface area contributed by atoms with Crippen LogP contribution in [0, 0.1) is 0 Å². The molecule has 0 saturated carbocycles. The highest BCUT2D eigenvalue weighted by atomic mass is 79.9. The number of carbonyl (C=O) groups is 1. The first-order chi connectivity index (χ1) is 16.2. The maximum Gasteiger partial charge on any atom is 0.363 e. The number of esters is 1. The van der Waals surface area contributed by atoms with E-state index < -0.39 is 5.97 Å². The summed E-state index contributed by atoms with van der Waals surface area (Å²) in [5.74, 6) is 0.998. The molecule has 0 aromatic heterocycles. The van der Waals surface area contributed by atoms with Gasteiger partial charge in [-0.1, -0.05) is 67.0 Å². The summed E-state index contributed by atoms with van der Waals surface area (Å²) in [6.07, 6.45) is 1.68. The maximum absolute atomic E-state index is 12.5. The molecule has 0 spiro atoms. The number of methoxy groups -OCH3 is 1. The third kappa shape index (κ3) is 5.57. The number of nitrogens with zero attached hydrogens (tertiary/aromatic N) is 1. The lowest BCUT2D eigenvalue weighted by atomic mass is 9.87. The number of ether oxygens (including phenoxy) is 3. The summed E-state index contributed by atoms with van der Waals surface area (Å²) in [6, 6.07) is 21.3. The van der Waals surface area contributed by atoms with Gasteiger partial charge in [0.2, 0.25) is 5.90 Å². The standard InChI is InChI=1S/C28H26BrNO4/c1-28(2,3)21-11-9-20(10-12-21)26-30-23(27(31)34-26)15-18-8-13-24(32-4)25(16-18)33-17-19-6-5-7-22(29)14-19/h5-16H,17H2,1-4H3/b23-15+. The topological polar surface area (TPSA) is 57.1 Å². The average Bonchev–Trinajstić information content (AvgIpc) is 3.17. The van der Waals surface area contributed by atoms with E-state index in [1.54, 1.807) is 19.3 Å². The summed E-state index contributed by atoms with van der Waals surface area (Å²) in [6.45, 7) is 6.84. The van der Waals surface area contributed by atoms with Gasteiger partial charge in [-0.15, -0.1) is 0 Å². The summed E-state index contributed by atoms with van der Waals surface area (Å²) in [5.41, 5.74) is 4.01. The molecule has 1 aliphatic heterocycles. The fourth-order valence-corrected chi connectivity index (χ4v) is 3.93. The lowest BCUT2D eigenvalue weighted by Crippen LogP contribution is -2.11. The first-order valence-electron chi connectivity index (χ1n) is 10.9. The summed E-state index contributed by atoms with van der Waals surface area (Å²) in [7, 11) is 1.59. The molecule has 0 saturated heterocycles. The predicted octanol–water partition coefficient (Wildman–Crippen LogP) is 6.68. The van der Waals surface area contributed by atoms with E-state index in [4.69, 9.17) is 14.2 Å². The second-order valence-electron chi connectivity index (χ2n) is 8.99. The van der Waals surface area contributed by atoms with Gasteiger partial charge < -0.3 is 14.2 Å². The largest absolute Gasteiger partial charge is 0.493 e. The Labute approximate surface area is 208 Å². The van der Waals surface area contributed by atoms with Gasteiger partial charge in [0.15, 0.2) is 17.2 Å². The molecule has 34 heavy (non-hydrogen) atoms. The van der Waals surface area contributed by atoms with Crippen molar-refractivity contribution in [2.45, 2.75) is 32.8 Å².